The number of aliphatic hydroxyl groups is 1. The predicted octanol–water partition coefficient (Wildman–Crippen LogP) is 9.30. The maximum atomic E-state index is 14.3. The number of benzene rings is 1. The van der Waals surface area contributed by atoms with Gasteiger partial charge < -0.3 is 30.5 Å². The zero-order chi connectivity index (χ0) is 48.2. The summed E-state index contributed by atoms with van der Waals surface area (Å²) < 4.78 is 6.43. The van der Waals surface area contributed by atoms with E-state index >= 15 is 0 Å². The van der Waals surface area contributed by atoms with Gasteiger partial charge in [-0.3, -0.25) is 24.0 Å². The quantitative estimate of drug-likeness (QED) is 0.159. The number of carbonyl (C=O) groups excluding carboxylic acids is 4. The highest BCUT2D eigenvalue weighted by Crippen LogP contribution is 2.77. The molecule has 364 valence electrons. The molecule has 11 nitrogen and oxygen atoms in total. The molecule has 0 aromatic heterocycles. The molecule has 11 heteroatoms. The third-order valence-electron chi connectivity index (χ3n) is 20.5. The van der Waals surface area contributed by atoms with Gasteiger partial charge in [-0.1, -0.05) is 67.9 Å². The number of Topliss-reactive ketones (excluding diaryl/α,β-unsaturated/α-hetero) is 1. The van der Waals surface area contributed by atoms with Crippen LogP contribution >= 0.6 is 0 Å². The molecule has 4 N–H and O–H groups in total. The number of anilines is 1. The van der Waals surface area contributed by atoms with Gasteiger partial charge in [-0.15, -0.1) is 0 Å². The summed E-state index contributed by atoms with van der Waals surface area (Å²) in [5.74, 6) is -1.78. The number of hydrogen-bond donors (Lipinski definition) is 4. The van der Waals surface area contributed by atoms with Crippen LogP contribution in [0.25, 0.3) is 0 Å². The number of ether oxygens (including phenoxy) is 1. The number of carboxylic acid groups (broad SMARTS) is 1. The summed E-state index contributed by atoms with van der Waals surface area (Å²) in [5, 5.41) is 28.1. The van der Waals surface area contributed by atoms with Crippen molar-refractivity contribution in [3.63, 3.8) is 0 Å². The molecule has 1 aromatic carbocycles. The van der Waals surface area contributed by atoms with Crippen LogP contribution in [0.3, 0.4) is 0 Å². The third-order valence-corrected chi connectivity index (χ3v) is 20.5. The number of amides is 2. The Kier molecular flexibility index (Phi) is 12.4. The van der Waals surface area contributed by atoms with E-state index in [1.807, 2.05) is 38.1 Å². The molecular formula is C55H81N3O8. The molecule has 0 spiro atoms. The van der Waals surface area contributed by atoms with Gasteiger partial charge in [-0.05, 0) is 166 Å². The molecule has 8 rings (SSSR count). The summed E-state index contributed by atoms with van der Waals surface area (Å²) in [6, 6.07) is 7.57. The van der Waals surface area contributed by atoms with E-state index in [1.165, 1.54) is 19.3 Å². The molecular weight excluding hydrogens is 831 g/mol. The highest BCUT2D eigenvalue weighted by molar-refractivity contribution is 6.01. The van der Waals surface area contributed by atoms with Gasteiger partial charge in [0.2, 0.25) is 5.91 Å². The number of aliphatic carboxylic acids is 1. The predicted molar refractivity (Wildman–Crippen MR) is 255 cm³/mol. The lowest BCUT2D eigenvalue weighted by molar-refractivity contribution is -0.238. The summed E-state index contributed by atoms with van der Waals surface area (Å²) in [5.41, 5.74) is 0.522. The lowest BCUT2D eigenvalue weighted by atomic mass is 9.33. The van der Waals surface area contributed by atoms with Crippen molar-refractivity contribution in [2.24, 2.45) is 68.0 Å². The summed E-state index contributed by atoms with van der Waals surface area (Å²) in [4.78, 5) is 69.5. The molecule has 2 amide bonds. The van der Waals surface area contributed by atoms with Gasteiger partial charge in [0.25, 0.3) is 5.91 Å². The first kappa shape index (κ1) is 48.7. The summed E-state index contributed by atoms with van der Waals surface area (Å²) in [6.07, 6.45) is 10.2. The fraction of sp³-hybridized carbons (Fsp3) is 0.764. The van der Waals surface area contributed by atoms with Crippen LogP contribution in [0.1, 0.15) is 170 Å². The van der Waals surface area contributed by atoms with Gasteiger partial charge in [0.05, 0.1) is 17.9 Å². The van der Waals surface area contributed by atoms with E-state index in [0.717, 1.165) is 74.9 Å². The van der Waals surface area contributed by atoms with Crippen molar-refractivity contribution in [1.82, 2.24) is 10.6 Å². The van der Waals surface area contributed by atoms with Gasteiger partial charge in [0, 0.05) is 48.1 Å². The number of hydrogen-bond acceptors (Lipinski definition) is 8. The van der Waals surface area contributed by atoms with Crippen LogP contribution in [0.4, 0.5) is 5.69 Å². The van der Waals surface area contributed by atoms with E-state index < -0.39 is 40.3 Å². The van der Waals surface area contributed by atoms with Crippen LogP contribution in [0.5, 0.6) is 0 Å². The Bertz CT molecular complexity index is 2150. The minimum atomic E-state index is -1.26. The molecule has 1 saturated heterocycles. The van der Waals surface area contributed by atoms with Gasteiger partial charge in [0.15, 0.2) is 5.78 Å². The normalized spacial score (nSPS) is 37.3. The van der Waals surface area contributed by atoms with Crippen molar-refractivity contribution in [2.45, 2.75) is 177 Å². The Labute approximate surface area is 394 Å². The molecule has 11 atom stereocenters. The van der Waals surface area contributed by atoms with Crippen LogP contribution in [0.2, 0.25) is 0 Å². The second-order valence-corrected chi connectivity index (χ2v) is 25.0. The minimum absolute atomic E-state index is 0.000301. The van der Waals surface area contributed by atoms with Crippen LogP contribution in [-0.4, -0.2) is 77.1 Å². The first-order valence-electron chi connectivity index (χ1n) is 25.6. The zero-order valence-electron chi connectivity index (χ0n) is 42.0. The average Bonchev–Trinajstić information content (AvgIpc) is 3.56. The number of fused-ring (bicyclic) bond motifs is 7. The third kappa shape index (κ3) is 7.48. The van der Waals surface area contributed by atoms with Crippen molar-refractivity contribution in [1.29, 1.82) is 0 Å². The Hall–Kier alpha value is -3.73. The highest BCUT2D eigenvalue weighted by atomic mass is 16.5. The van der Waals surface area contributed by atoms with E-state index in [4.69, 9.17) is 4.74 Å². The monoisotopic (exact) mass is 912 g/mol. The molecule has 6 fully saturated rings. The van der Waals surface area contributed by atoms with Crippen molar-refractivity contribution in [2.75, 3.05) is 24.5 Å². The zero-order valence-corrected chi connectivity index (χ0v) is 42.0. The van der Waals surface area contributed by atoms with Gasteiger partial charge in [-0.25, -0.2) is 0 Å². The SMILES string of the molecule is CC(C)C1=C2[C@H]3CC[C@@H]4[C@@]5(C)CC[C@H](OC(=O)[C@H]6C[C@@H](C(=O)O)C6(C)C)C(C)(C)[C@@H]5CC[C@@]4(C)[C@]3(C)CC[C@@]2([C@@H](O)CNC(=O)C(C)(C)NC(=O)c2ccc(N3CCCCC3)cc2)CC1=O. The minimum Gasteiger partial charge on any atom is -0.481 e. The number of allylic oxidation sites excluding steroid dienone is 1. The van der Waals surface area contributed by atoms with Crippen LogP contribution in [0, 0.1) is 68.0 Å². The molecule has 0 unspecified atom stereocenters. The lowest BCUT2D eigenvalue weighted by Crippen LogP contribution is -2.66. The standard InChI is InChI=1S/C55H81N3O8/c1-32(2)43-38(59)30-55(41(60)31-56-48(65)51(7,8)57-45(61)33-15-17-34(18-16-33)58-27-13-12-14-28-58)26-25-53(10)35(44(43)55)19-20-40-52(9)23-22-42(50(5,6)39(52)21-24-54(40,53)11)66-47(64)37-29-36(46(62)63)49(37,3)4/h15-18,32,35-37,39-42,60H,12-14,19-31H2,1-11H3,(H,56,65)(H,57,61)(H,62,63)/t35-,36+,37-,39+,40-,41+,42+,52+,53-,54-,55+/m1/s1. The molecule has 6 aliphatic carbocycles. The topological polar surface area (TPSA) is 162 Å². The van der Waals surface area contributed by atoms with Crippen LogP contribution in [-0.2, 0) is 23.9 Å². The Morgan fingerprint density at radius 2 is 1.48 bits per heavy atom. The van der Waals surface area contributed by atoms with Crippen LogP contribution < -0.4 is 15.5 Å². The summed E-state index contributed by atoms with van der Waals surface area (Å²) in [7, 11) is 0. The molecule has 0 radical (unpaired) electrons. The van der Waals surface area contributed by atoms with Gasteiger partial charge >= 0.3 is 11.9 Å². The highest BCUT2D eigenvalue weighted by Gasteiger charge is 2.71. The van der Waals surface area contributed by atoms with Gasteiger partial charge in [-0.2, -0.15) is 0 Å². The maximum absolute atomic E-state index is 14.3. The smallest absolute Gasteiger partial charge is 0.309 e. The van der Waals surface area contributed by atoms with Crippen LogP contribution in [0.15, 0.2) is 35.4 Å². The van der Waals surface area contributed by atoms with E-state index in [2.05, 4.69) is 64.0 Å². The van der Waals surface area contributed by atoms with Crippen molar-refractivity contribution >= 4 is 35.2 Å². The van der Waals surface area contributed by atoms with Crippen molar-refractivity contribution in [3.8, 4) is 0 Å². The van der Waals surface area contributed by atoms with E-state index in [9.17, 15) is 34.2 Å². The largest absolute Gasteiger partial charge is 0.481 e. The Morgan fingerprint density at radius 3 is 2.11 bits per heavy atom. The number of rotatable bonds is 11. The second kappa shape index (κ2) is 16.8. The maximum Gasteiger partial charge on any atom is 0.309 e. The number of piperidine rings is 1. The summed E-state index contributed by atoms with van der Waals surface area (Å²) >= 11 is 0. The Balaban J connectivity index is 0.969. The van der Waals surface area contributed by atoms with Crippen molar-refractivity contribution in [3.05, 3.63) is 41.0 Å². The number of nitrogens with zero attached hydrogens (tertiary/aromatic N) is 1. The lowest BCUT2D eigenvalue weighted by Gasteiger charge is -2.72. The molecule has 66 heavy (non-hydrogen) atoms. The number of carboxylic acids is 1. The molecule has 1 aliphatic heterocycles. The number of esters is 1. The van der Waals surface area contributed by atoms with Gasteiger partial charge in [0.1, 0.15) is 11.6 Å². The number of nitrogens with one attached hydrogen (secondary N) is 2. The van der Waals surface area contributed by atoms with E-state index in [1.54, 1.807) is 13.8 Å². The fourth-order valence-electron chi connectivity index (χ4n) is 16.2. The van der Waals surface area contributed by atoms with Crippen molar-refractivity contribution < 1.29 is 38.9 Å². The second-order valence-electron chi connectivity index (χ2n) is 25.0. The molecule has 7 aliphatic rings. The summed E-state index contributed by atoms with van der Waals surface area (Å²) in [6.45, 7) is 25.4. The molecule has 5 saturated carbocycles. The number of carbonyl (C=O) groups is 5. The molecule has 0 bridgehead atoms. The average molecular weight is 912 g/mol. The number of aliphatic hydroxyl groups excluding tert-OH is 1. The van der Waals surface area contributed by atoms with E-state index in [-0.39, 0.29) is 76.1 Å². The molecule has 1 aromatic rings. The fourth-order valence-corrected chi connectivity index (χ4v) is 16.2. The molecule has 1 heterocycles. The van der Waals surface area contributed by atoms with E-state index in [0.29, 0.717) is 30.2 Å². The Morgan fingerprint density at radius 1 is 0.818 bits per heavy atom. The number of ketones is 1. The first-order chi connectivity index (χ1) is 30.8. The first-order valence-corrected chi connectivity index (χ1v) is 25.6.